The molecule has 0 amide bonds. The summed E-state index contributed by atoms with van der Waals surface area (Å²) in [7, 11) is 3.81. The number of likely N-dealkylation sites (N-methyl/N-ethyl adjacent to an activating group) is 1. The molecule has 96 valence electrons. The van der Waals surface area contributed by atoms with Gasteiger partial charge in [0.25, 0.3) is 0 Å². The predicted octanol–water partition coefficient (Wildman–Crippen LogP) is 0.365. The van der Waals surface area contributed by atoms with Gasteiger partial charge in [0.05, 0.1) is 26.1 Å². The highest BCUT2D eigenvalue weighted by atomic mass is 16.5. The highest BCUT2D eigenvalue weighted by Gasteiger charge is 2.51. The fraction of sp³-hybridized carbons (Fsp3) is 0.533. The van der Waals surface area contributed by atoms with Crippen molar-refractivity contribution in [3.8, 4) is 5.75 Å². The van der Waals surface area contributed by atoms with E-state index in [0.29, 0.717) is 5.78 Å². The Balaban J connectivity index is 2.16. The Morgan fingerprint density at radius 2 is 2.22 bits per heavy atom. The molecule has 1 fully saturated rings. The Hall–Kier alpha value is -1.35. The van der Waals surface area contributed by atoms with Crippen molar-refractivity contribution in [2.75, 3.05) is 20.7 Å². The molecule has 1 unspecified atom stereocenters. The number of nitrogens with one attached hydrogen (secondary N) is 1. The number of Topliss-reactive ketones (excluding diaryl/α,β-unsaturated/α-hetero) is 1. The van der Waals surface area contributed by atoms with E-state index in [-0.39, 0.29) is 11.5 Å². The van der Waals surface area contributed by atoms with E-state index < -0.39 is 0 Å². The Morgan fingerprint density at radius 1 is 1.44 bits per heavy atom. The first-order valence-electron chi connectivity index (χ1n) is 6.60. The standard InChI is InChI=1S/C15H19NO2/c1-15-6-7-16(2)13(14(15)17)8-10-4-5-11(18-3)9-12(10)15/h4-5,9,13H,6-8H2,1-3H3/p+1/t13-,15+/m1/s1. The summed E-state index contributed by atoms with van der Waals surface area (Å²) in [5.41, 5.74) is 2.21. The fourth-order valence-corrected chi connectivity index (χ4v) is 3.48. The van der Waals surface area contributed by atoms with Crippen molar-refractivity contribution < 1.29 is 14.4 Å². The van der Waals surface area contributed by atoms with Crippen LogP contribution in [-0.4, -0.2) is 32.5 Å². The van der Waals surface area contributed by atoms with E-state index in [9.17, 15) is 4.79 Å². The smallest absolute Gasteiger partial charge is 0.200 e. The lowest BCUT2D eigenvalue weighted by Crippen LogP contribution is -3.16. The van der Waals surface area contributed by atoms with Gasteiger partial charge >= 0.3 is 0 Å². The van der Waals surface area contributed by atoms with Crippen LogP contribution in [0.2, 0.25) is 0 Å². The number of carbonyl (C=O) groups excluding carboxylic acids is 1. The molecule has 2 bridgehead atoms. The van der Waals surface area contributed by atoms with Gasteiger partial charge in [-0.15, -0.1) is 0 Å². The second-order valence-corrected chi connectivity index (χ2v) is 5.82. The number of piperidine rings is 1. The molecule has 0 radical (unpaired) electrons. The molecule has 1 aromatic carbocycles. The van der Waals surface area contributed by atoms with Crippen LogP contribution in [0, 0.1) is 0 Å². The van der Waals surface area contributed by atoms with Gasteiger partial charge in [-0.05, 0) is 30.2 Å². The van der Waals surface area contributed by atoms with Crippen molar-refractivity contribution >= 4 is 5.78 Å². The van der Waals surface area contributed by atoms with Crippen LogP contribution in [-0.2, 0) is 16.6 Å². The Bertz CT molecular complexity index is 511. The molecule has 3 atom stereocenters. The molecule has 0 spiro atoms. The third kappa shape index (κ3) is 1.43. The molecule has 1 N–H and O–H groups in total. The number of ketones is 1. The van der Waals surface area contributed by atoms with Crippen LogP contribution < -0.4 is 9.64 Å². The van der Waals surface area contributed by atoms with E-state index in [1.807, 2.05) is 6.07 Å². The molecule has 0 aromatic heterocycles. The summed E-state index contributed by atoms with van der Waals surface area (Å²) in [6, 6.07) is 6.34. The number of hydrogen-bond acceptors (Lipinski definition) is 2. The molecule has 1 aliphatic heterocycles. The molecular weight excluding hydrogens is 226 g/mol. The van der Waals surface area contributed by atoms with E-state index in [1.54, 1.807) is 7.11 Å². The van der Waals surface area contributed by atoms with Gasteiger partial charge in [-0.3, -0.25) is 4.79 Å². The maximum atomic E-state index is 12.6. The summed E-state index contributed by atoms with van der Waals surface area (Å²) in [5.74, 6) is 1.26. The van der Waals surface area contributed by atoms with Crippen LogP contribution in [0.1, 0.15) is 24.5 Å². The lowest BCUT2D eigenvalue weighted by atomic mass is 9.64. The van der Waals surface area contributed by atoms with Gasteiger partial charge in [-0.1, -0.05) is 6.07 Å². The Kier molecular flexibility index (Phi) is 2.49. The molecule has 0 saturated carbocycles. The van der Waals surface area contributed by atoms with Crippen molar-refractivity contribution in [2.24, 2.45) is 0 Å². The molecule has 3 heteroatoms. The van der Waals surface area contributed by atoms with Gasteiger partial charge in [0.1, 0.15) is 5.75 Å². The number of fused-ring (bicyclic) bond motifs is 4. The van der Waals surface area contributed by atoms with Gasteiger partial charge in [0.15, 0.2) is 6.04 Å². The van der Waals surface area contributed by atoms with E-state index in [1.165, 1.54) is 16.0 Å². The SMILES string of the molecule is COc1ccc2c(c1)[C@]1(C)CC[NH+](C)[C@H](C2)C1=O. The van der Waals surface area contributed by atoms with Gasteiger partial charge in [-0.25, -0.2) is 0 Å². The first kappa shape index (κ1) is 11.7. The van der Waals surface area contributed by atoms with Gasteiger partial charge in [0, 0.05) is 12.8 Å². The summed E-state index contributed by atoms with van der Waals surface area (Å²) in [4.78, 5) is 14.0. The van der Waals surface area contributed by atoms with Crippen LogP contribution in [0.5, 0.6) is 5.75 Å². The number of methoxy groups -OCH3 is 1. The number of quaternary nitrogens is 1. The highest BCUT2D eigenvalue weighted by Crippen LogP contribution is 2.39. The minimum atomic E-state index is -0.299. The fourth-order valence-electron chi connectivity index (χ4n) is 3.48. The third-order valence-corrected chi connectivity index (χ3v) is 4.81. The first-order chi connectivity index (χ1) is 8.56. The normalized spacial score (nSPS) is 34.1. The van der Waals surface area contributed by atoms with Gasteiger partial charge < -0.3 is 9.64 Å². The number of benzene rings is 1. The minimum absolute atomic E-state index is 0.143. The molecule has 1 aliphatic carbocycles. The summed E-state index contributed by atoms with van der Waals surface area (Å²) in [6.07, 6.45) is 1.81. The first-order valence-corrected chi connectivity index (χ1v) is 6.60. The molecule has 2 aliphatic rings. The lowest BCUT2D eigenvalue weighted by Gasteiger charge is -2.44. The van der Waals surface area contributed by atoms with Gasteiger partial charge in [0.2, 0.25) is 5.78 Å². The number of hydrogen-bond donors (Lipinski definition) is 1. The van der Waals surface area contributed by atoms with Crippen molar-refractivity contribution in [3.63, 3.8) is 0 Å². The van der Waals surface area contributed by atoms with Crippen molar-refractivity contribution in [1.29, 1.82) is 0 Å². The van der Waals surface area contributed by atoms with Crippen LogP contribution in [0.4, 0.5) is 0 Å². The predicted molar refractivity (Wildman–Crippen MR) is 69.2 cm³/mol. The van der Waals surface area contributed by atoms with Gasteiger partial charge in [-0.2, -0.15) is 0 Å². The number of rotatable bonds is 1. The summed E-state index contributed by atoms with van der Waals surface area (Å²) >= 11 is 0. The van der Waals surface area contributed by atoms with E-state index in [2.05, 4.69) is 26.1 Å². The highest BCUT2D eigenvalue weighted by molar-refractivity contribution is 5.96. The minimum Gasteiger partial charge on any atom is -0.497 e. The van der Waals surface area contributed by atoms with Crippen molar-refractivity contribution in [1.82, 2.24) is 0 Å². The zero-order chi connectivity index (χ0) is 12.9. The number of carbonyl (C=O) groups is 1. The molecule has 18 heavy (non-hydrogen) atoms. The van der Waals surface area contributed by atoms with Crippen LogP contribution in [0.15, 0.2) is 18.2 Å². The summed E-state index contributed by atoms with van der Waals surface area (Å²) in [6.45, 7) is 3.18. The van der Waals surface area contributed by atoms with Crippen LogP contribution >= 0.6 is 0 Å². The van der Waals surface area contributed by atoms with Crippen molar-refractivity contribution in [3.05, 3.63) is 29.3 Å². The van der Waals surface area contributed by atoms with E-state index in [0.717, 1.165) is 25.1 Å². The molecule has 3 nitrogen and oxygen atoms in total. The van der Waals surface area contributed by atoms with Crippen LogP contribution in [0.3, 0.4) is 0 Å². The Morgan fingerprint density at radius 3 is 2.94 bits per heavy atom. The zero-order valence-corrected chi connectivity index (χ0v) is 11.2. The molecule has 1 aromatic rings. The van der Waals surface area contributed by atoms with Crippen molar-refractivity contribution in [2.45, 2.75) is 31.2 Å². The van der Waals surface area contributed by atoms with Crippen LogP contribution in [0.25, 0.3) is 0 Å². The summed E-state index contributed by atoms with van der Waals surface area (Å²) < 4.78 is 5.30. The quantitative estimate of drug-likeness (QED) is 0.776. The molecule has 3 rings (SSSR count). The van der Waals surface area contributed by atoms with E-state index in [4.69, 9.17) is 4.74 Å². The molecular formula is C15H20NO2+. The molecule has 1 saturated heterocycles. The largest absolute Gasteiger partial charge is 0.497 e. The zero-order valence-electron chi connectivity index (χ0n) is 11.2. The Labute approximate surface area is 108 Å². The average Bonchev–Trinajstić information content (AvgIpc) is 2.38. The second-order valence-electron chi connectivity index (χ2n) is 5.82. The summed E-state index contributed by atoms with van der Waals surface area (Å²) in [5, 5.41) is 0. The number of ether oxygens (including phenoxy) is 1. The maximum Gasteiger partial charge on any atom is 0.200 e. The number of likely N-dealkylation sites (tertiary alicyclic amines) is 1. The third-order valence-electron chi connectivity index (χ3n) is 4.81. The topological polar surface area (TPSA) is 30.7 Å². The molecule has 1 heterocycles. The maximum absolute atomic E-state index is 12.6. The second kappa shape index (κ2) is 3.82. The lowest BCUT2D eigenvalue weighted by molar-refractivity contribution is -0.900. The van der Waals surface area contributed by atoms with E-state index >= 15 is 0 Å². The average molecular weight is 246 g/mol. The monoisotopic (exact) mass is 246 g/mol.